The lowest BCUT2D eigenvalue weighted by molar-refractivity contribution is -0.188. The molecule has 0 aromatic heterocycles. The van der Waals surface area contributed by atoms with Gasteiger partial charge in [-0.25, -0.2) is 0 Å². The topological polar surface area (TPSA) is 32.5 Å². The predicted molar refractivity (Wildman–Crippen MR) is 78.7 cm³/mol. The molecular formula is C14H19ClF3N3. The SMILES string of the molecule is CC(N)C(N1CCN(c2cccc(Cl)c2)CC1)C(F)(F)F. The molecule has 1 fully saturated rings. The van der Waals surface area contributed by atoms with Crippen molar-refractivity contribution < 1.29 is 13.2 Å². The van der Waals surface area contributed by atoms with Crippen molar-refractivity contribution in [3.63, 3.8) is 0 Å². The number of piperazine rings is 1. The normalized spacial score (nSPS) is 20.4. The van der Waals surface area contributed by atoms with Gasteiger partial charge in [0.15, 0.2) is 0 Å². The summed E-state index contributed by atoms with van der Waals surface area (Å²) >= 11 is 5.94. The summed E-state index contributed by atoms with van der Waals surface area (Å²) in [6, 6.07) is 4.82. The molecule has 7 heteroatoms. The van der Waals surface area contributed by atoms with Crippen molar-refractivity contribution >= 4 is 17.3 Å². The largest absolute Gasteiger partial charge is 0.405 e. The van der Waals surface area contributed by atoms with Crippen LogP contribution in [0.15, 0.2) is 24.3 Å². The fourth-order valence-corrected chi connectivity index (χ4v) is 2.95. The Morgan fingerprint density at radius 3 is 2.29 bits per heavy atom. The minimum atomic E-state index is -4.30. The molecule has 1 heterocycles. The molecule has 2 atom stereocenters. The van der Waals surface area contributed by atoms with Gasteiger partial charge >= 0.3 is 6.18 Å². The molecule has 1 aromatic rings. The zero-order valence-electron chi connectivity index (χ0n) is 11.8. The van der Waals surface area contributed by atoms with E-state index in [1.165, 1.54) is 11.8 Å². The van der Waals surface area contributed by atoms with E-state index in [2.05, 4.69) is 0 Å². The minimum Gasteiger partial charge on any atom is -0.369 e. The molecule has 1 aliphatic heterocycles. The fourth-order valence-electron chi connectivity index (χ4n) is 2.77. The van der Waals surface area contributed by atoms with Gasteiger partial charge in [0, 0.05) is 42.9 Å². The van der Waals surface area contributed by atoms with Gasteiger partial charge in [-0.3, -0.25) is 4.90 Å². The molecule has 3 nitrogen and oxygen atoms in total. The quantitative estimate of drug-likeness (QED) is 0.929. The van der Waals surface area contributed by atoms with Crippen LogP contribution in [-0.4, -0.2) is 49.3 Å². The third kappa shape index (κ3) is 4.02. The van der Waals surface area contributed by atoms with Gasteiger partial charge in [0.25, 0.3) is 0 Å². The maximum absolute atomic E-state index is 13.1. The van der Waals surface area contributed by atoms with Gasteiger partial charge in [-0.05, 0) is 25.1 Å². The van der Waals surface area contributed by atoms with E-state index < -0.39 is 18.3 Å². The summed E-state index contributed by atoms with van der Waals surface area (Å²) in [4.78, 5) is 3.46. The summed E-state index contributed by atoms with van der Waals surface area (Å²) in [5.41, 5.74) is 6.46. The maximum Gasteiger partial charge on any atom is 0.405 e. The van der Waals surface area contributed by atoms with Crippen LogP contribution in [0.3, 0.4) is 0 Å². The number of hydrogen-bond donors (Lipinski definition) is 1. The lowest BCUT2D eigenvalue weighted by Gasteiger charge is -2.42. The zero-order valence-corrected chi connectivity index (χ0v) is 12.5. The van der Waals surface area contributed by atoms with Crippen LogP contribution >= 0.6 is 11.6 Å². The zero-order chi connectivity index (χ0) is 15.6. The van der Waals surface area contributed by atoms with Crippen molar-refractivity contribution in [2.24, 2.45) is 5.73 Å². The van der Waals surface area contributed by atoms with Crippen molar-refractivity contribution in [2.75, 3.05) is 31.1 Å². The highest BCUT2D eigenvalue weighted by atomic mass is 35.5. The first-order valence-corrected chi connectivity index (χ1v) is 7.23. The van der Waals surface area contributed by atoms with Gasteiger partial charge in [-0.1, -0.05) is 17.7 Å². The van der Waals surface area contributed by atoms with Crippen LogP contribution in [0.2, 0.25) is 5.02 Å². The second-order valence-electron chi connectivity index (χ2n) is 5.35. The Morgan fingerprint density at radius 1 is 1.19 bits per heavy atom. The molecule has 1 saturated heterocycles. The highest BCUT2D eigenvalue weighted by molar-refractivity contribution is 6.30. The predicted octanol–water partition coefficient (Wildman–Crippen LogP) is 2.74. The Bertz CT molecular complexity index is 471. The number of nitrogens with two attached hydrogens (primary N) is 1. The molecule has 2 unspecified atom stereocenters. The van der Waals surface area contributed by atoms with E-state index in [0.717, 1.165) is 5.69 Å². The molecule has 1 aromatic carbocycles. The highest BCUT2D eigenvalue weighted by Gasteiger charge is 2.46. The van der Waals surface area contributed by atoms with E-state index in [-0.39, 0.29) is 0 Å². The molecule has 0 spiro atoms. The second-order valence-corrected chi connectivity index (χ2v) is 5.78. The first-order chi connectivity index (χ1) is 9.79. The average Bonchev–Trinajstić information content (AvgIpc) is 2.37. The molecule has 0 aliphatic carbocycles. The smallest absolute Gasteiger partial charge is 0.369 e. The molecule has 2 rings (SSSR count). The molecular weight excluding hydrogens is 303 g/mol. The van der Waals surface area contributed by atoms with Gasteiger partial charge in [0.05, 0.1) is 0 Å². The second kappa shape index (κ2) is 6.42. The molecule has 1 aliphatic rings. The highest BCUT2D eigenvalue weighted by Crippen LogP contribution is 2.28. The van der Waals surface area contributed by atoms with Crippen molar-refractivity contribution in [3.05, 3.63) is 29.3 Å². The summed E-state index contributed by atoms with van der Waals surface area (Å²) in [7, 11) is 0. The van der Waals surface area contributed by atoms with E-state index in [4.69, 9.17) is 17.3 Å². The van der Waals surface area contributed by atoms with Gasteiger partial charge in [-0.15, -0.1) is 0 Å². The molecule has 2 N–H and O–H groups in total. The van der Waals surface area contributed by atoms with E-state index in [0.29, 0.717) is 31.2 Å². The Morgan fingerprint density at radius 2 is 1.81 bits per heavy atom. The molecule has 0 saturated carbocycles. The van der Waals surface area contributed by atoms with Crippen molar-refractivity contribution in [1.82, 2.24) is 4.90 Å². The van der Waals surface area contributed by atoms with Crippen LogP contribution in [0.5, 0.6) is 0 Å². The van der Waals surface area contributed by atoms with Crippen LogP contribution in [0.4, 0.5) is 18.9 Å². The summed E-state index contributed by atoms with van der Waals surface area (Å²) < 4.78 is 39.2. The fraction of sp³-hybridized carbons (Fsp3) is 0.571. The Hall–Kier alpha value is -0.980. The number of anilines is 1. The van der Waals surface area contributed by atoms with Crippen LogP contribution in [-0.2, 0) is 0 Å². The van der Waals surface area contributed by atoms with Crippen LogP contribution in [0.1, 0.15) is 6.92 Å². The Labute approximate surface area is 127 Å². The summed E-state index contributed by atoms with van der Waals surface area (Å²) in [6.45, 7) is 3.12. The number of alkyl halides is 3. The van der Waals surface area contributed by atoms with Gasteiger partial charge in [-0.2, -0.15) is 13.2 Å². The lowest BCUT2D eigenvalue weighted by Crippen LogP contribution is -2.60. The van der Waals surface area contributed by atoms with Crippen LogP contribution in [0, 0.1) is 0 Å². The van der Waals surface area contributed by atoms with E-state index in [9.17, 15) is 13.2 Å². The number of rotatable bonds is 3. The lowest BCUT2D eigenvalue weighted by atomic mass is 10.1. The van der Waals surface area contributed by atoms with Crippen LogP contribution in [0.25, 0.3) is 0 Å². The third-order valence-electron chi connectivity index (χ3n) is 3.71. The first kappa shape index (κ1) is 16.4. The molecule has 0 radical (unpaired) electrons. The summed E-state index contributed by atoms with van der Waals surface area (Å²) in [6.07, 6.45) is -4.30. The number of nitrogens with zero attached hydrogens (tertiary/aromatic N) is 2. The van der Waals surface area contributed by atoms with Crippen LogP contribution < -0.4 is 10.6 Å². The summed E-state index contributed by atoms with van der Waals surface area (Å²) in [5, 5.41) is 0.624. The Kier molecular flexibility index (Phi) is 5.01. The molecule has 21 heavy (non-hydrogen) atoms. The standard InChI is InChI=1S/C14H19ClF3N3/c1-10(19)13(14(16,17)18)21-7-5-20(6-8-21)12-4-2-3-11(15)9-12/h2-4,9-10,13H,5-8,19H2,1H3. The number of benzene rings is 1. The number of hydrogen-bond acceptors (Lipinski definition) is 3. The van der Waals surface area contributed by atoms with Gasteiger partial charge in [0.2, 0.25) is 0 Å². The van der Waals surface area contributed by atoms with E-state index in [1.807, 2.05) is 23.1 Å². The molecule has 0 bridgehead atoms. The van der Waals surface area contributed by atoms with E-state index >= 15 is 0 Å². The monoisotopic (exact) mass is 321 g/mol. The maximum atomic E-state index is 13.1. The first-order valence-electron chi connectivity index (χ1n) is 6.86. The van der Waals surface area contributed by atoms with E-state index in [1.54, 1.807) is 6.07 Å². The summed E-state index contributed by atoms with van der Waals surface area (Å²) in [5.74, 6) is 0. The minimum absolute atomic E-state index is 0.332. The van der Waals surface area contributed by atoms with Gasteiger partial charge in [0.1, 0.15) is 6.04 Å². The van der Waals surface area contributed by atoms with Crippen molar-refractivity contribution in [2.45, 2.75) is 25.2 Å². The third-order valence-corrected chi connectivity index (χ3v) is 3.95. The van der Waals surface area contributed by atoms with Gasteiger partial charge < -0.3 is 10.6 Å². The number of halogens is 4. The molecule has 118 valence electrons. The van der Waals surface area contributed by atoms with Crippen molar-refractivity contribution in [3.8, 4) is 0 Å². The Balaban J connectivity index is 2.02. The van der Waals surface area contributed by atoms with Crippen molar-refractivity contribution in [1.29, 1.82) is 0 Å². The molecule has 0 amide bonds. The average molecular weight is 322 g/mol.